The number of carbonyl (C=O) groups is 1. The number of rotatable bonds is 9. The Bertz CT molecular complexity index is 1100. The van der Waals surface area contributed by atoms with Gasteiger partial charge < -0.3 is 13.8 Å². The van der Waals surface area contributed by atoms with Gasteiger partial charge in [-0.2, -0.15) is 8.42 Å². The number of hydrogen-bond donors (Lipinski definition) is 0. The van der Waals surface area contributed by atoms with Crippen molar-refractivity contribution in [2.45, 2.75) is 64.9 Å². The number of benzene rings is 2. The number of halogens is 2. The zero-order valence-corrected chi connectivity index (χ0v) is 22.1. The van der Waals surface area contributed by atoms with Gasteiger partial charge in [0, 0.05) is 19.0 Å². The molecule has 0 radical (unpaired) electrons. The molecule has 2 rings (SSSR count). The van der Waals surface area contributed by atoms with Gasteiger partial charge in [-0.15, -0.1) is 0 Å². The molecule has 2 aromatic rings. The maximum absolute atomic E-state index is 13.0. The number of nitrogens with zero attached hydrogens (tertiary/aromatic N) is 1. The summed E-state index contributed by atoms with van der Waals surface area (Å²) in [6, 6.07) is 8.94. The highest BCUT2D eigenvalue weighted by Gasteiger charge is 2.25. The zero-order chi connectivity index (χ0) is 25.0. The van der Waals surface area contributed by atoms with Crippen LogP contribution >= 0.6 is 23.2 Å². The molecule has 0 spiro atoms. The third-order valence-electron chi connectivity index (χ3n) is 5.08. The molecule has 9 heteroatoms. The first kappa shape index (κ1) is 27.3. The molecule has 0 aromatic heterocycles. The van der Waals surface area contributed by atoms with Crippen LogP contribution in [0.1, 0.15) is 53.0 Å². The Labute approximate surface area is 206 Å². The molecule has 1 amide bonds. The Balaban J connectivity index is 2.37. The van der Waals surface area contributed by atoms with Gasteiger partial charge in [-0.1, -0.05) is 57.0 Å². The van der Waals surface area contributed by atoms with Crippen LogP contribution in [-0.4, -0.2) is 32.4 Å². The van der Waals surface area contributed by atoms with Crippen LogP contribution < -0.4 is 8.92 Å². The van der Waals surface area contributed by atoms with Gasteiger partial charge in [0.25, 0.3) is 0 Å². The van der Waals surface area contributed by atoms with Gasteiger partial charge in [-0.25, -0.2) is 0 Å². The average molecular weight is 516 g/mol. The highest BCUT2D eigenvalue weighted by atomic mass is 35.5. The van der Waals surface area contributed by atoms with E-state index in [1.807, 2.05) is 39.5 Å². The molecule has 2 aromatic carbocycles. The van der Waals surface area contributed by atoms with Gasteiger partial charge in [0.1, 0.15) is 4.90 Å². The van der Waals surface area contributed by atoms with Crippen LogP contribution in [0, 0.1) is 5.41 Å². The van der Waals surface area contributed by atoms with Crippen molar-refractivity contribution in [1.82, 2.24) is 4.90 Å². The van der Waals surface area contributed by atoms with Gasteiger partial charge in [-0.05, 0) is 54.7 Å². The first-order valence-corrected chi connectivity index (χ1v) is 12.8. The van der Waals surface area contributed by atoms with Crippen molar-refractivity contribution in [3.63, 3.8) is 0 Å². The van der Waals surface area contributed by atoms with E-state index < -0.39 is 10.1 Å². The van der Waals surface area contributed by atoms with E-state index in [1.165, 1.54) is 25.3 Å². The third kappa shape index (κ3) is 7.52. The molecular weight excluding hydrogens is 485 g/mol. The molecule has 0 bridgehead atoms. The smallest absolute Gasteiger partial charge is 0.339 e. The molecule has 0 saturated heterocycles. The van der Waals surface area contributed by atoms with Crippen LogP contribution in [0.4, 0.5) is 0 Å². The fourth-order valence-electron chi connectivity index (χ4n) is 3.15. The number of ether oxygens (including phenoxy) is 1. The number of carbonyl (C=O) groups excluding carboxylic acids is 1. The Morgan fingerprint density at radius 3 is 2.27 bits per heavy atom. The molecule has 1 atom stereocenters. The monoisotopic (exact) mass is 515 g/mol. The highest BCUT2D eigenvalue weighted by molar-refractivity contribution is 7.87. The summed E-state index contributed by atoms with van der Waals surface area (Å²) >= 11 is 11.9. The van der Waals surface area contributed by atoms with E-state index in [0.29, 0.717) is 13.0 Å². The van der Waals surface area contributed by atoms with E-state index in [9.17, 15) is 13.2 Å². The number of hydrogen-bond acceptors (Lipinski definition) is 5. The maximum atomic E-state index is 13.0. The molecule has 0 saturated carbocycles. The topological polar surface area (TPSA) is 72.9 Å². The van der Waals surface area contributed by atoms with Crippen LogP contribution in [0.25, 0.3) is 0 Å². The third-order valence-corrected chi connectivity index (χ3v) is 7.05. The lowest BCUT2D eigenvalue weighted by Gasteiger charge is -2.31. The lowest BCUT2D eigenvalue weighted by atomic mass is 9.91. The average Bonchev–Trinajstić information content (AvgIpc) is 2.72. The van der Waals surface area contributed by atoms with Gasteiger partial charge in [0.15, 0.2) is 11.5 Å². The van der Waals surface area contributed by atoms with Crippen LogP contribution in [0.15, 0.2) is 41.3 Å². The largest absolute Gasteiger partial charge is 0.493 e. The normalized spacial score (nSPS) is 12.8. The van der Waals surface area contributed by atoms with Crippen molar-refractivity contribution in [2.75, 3.05) is 7.11 Å². The van der Waals surface area contributed by atoms with Crippen LogP contribution in [-0.2, 0) is 21.5 Å². The van der Waals surface area contributed by atoms with E-state index in [0.717, 1.165) is 12.0 Å². The van der Waals surface area contributed by atoms with Crippen molar-refractivity contribution >= 4 is 39.2 Å². The number of methoxy groups -OCH3 is 1. The summed E-state index contributed by atoms with van der Waals surface area (Å²) in [7, 11) is -2.77. The van der Waals surface area contributed by atoms with Gasteiger partial charge in [0.05, 0.1) is 17.2 Å². The van der Waals surface area contributed by atoms with E-state index >= 15 is 0 Å². The molecule has 0 fully saturated rings. The lowest BCUT2D eigenvalue weighted by Crippen LogP contribution is -2.39. The van der Waals surface area contributed by atoms with E-state index in [-0.39, 0.29) is 43.8 Å². The second kappa shape index (κ2) is 11.0. The molecule has 33 heavy (non-hydrogen) atoms. The Morgan fingerprint density at radius 2 is 1.73 bits per heavy atom. The lowest BCUT2D eigenvalue weighted by molar-refractivity contribution is -0.135. The highest BCUT2D eigenvalue weighted by Crippen LogP contribution is 2.33. The van der Waals surface area contributed by atoms with Crippen molar-refractivity contribution in [3.8, 4) is 11.5 Å². The molecule has 0 aliphatic carbocycles. The van der Waals surface area contributed by atoms with Crippen LogP contribution in [0.5, 0.6) is 11.5 Å². The summed E-state index contributed by atoms with van der Waals surface area (Å²) in [5.41, 5.74) is 0.572. The molecule has 0 aliphatic heterocycles. The van der Waals surface area contributed by atoms with Crippen molar-refractivity contribution in [1.29, 1.82) is 0 Å². The second-order valence-electron chi connectivity index (χ2n) is 9.11. The minimum absolute atomic E-state index is 0.0197. The summed E-state index contributed by atoms with van der Waals surface area (Å²) in [6.45, 7) is 10.4. The van der Waals surface area contributed by atoms with Crippen molar-refractivity contribution in [2.24, 2.45) is 5.41 Å². The predicted molar refractivity (Wildman–Crippen MR) is 132 cm³/mol. The van der Waals surface area contributed by atoms with E-state index in [1.54, 1.807) is 18.2 Å². The molecule has 0 N–H and O–H groups in total. The number of amides is 1. The summed E-state index contributed by atoms with van der Waals surface area (Å²) in [5, 5.41) is 0.337. The van der Waals surface area contributed by atoms with E-state index in [4.69, 9.17) is 32.1 Å². The minimum Gasteiger partial charge on any atom is -0.493 e. The molecule has 0 heterocycles. The van der Waals surface area contributed by atoms with Crippen LogP contribution in [0.2, 0.25) is 10.0 Å². The first-order valence-electron chi connectivity index (χ1n) is 10.6. The predicted octanol–water partition coefficient (Wildman–Crippen LogP) is 6.33. The summed E-state index contributed by atoms with van der Waals surface area (Å²) in [4.78, 5) is 14.7. The standard InChI is InChI=1S/C24H31Cl2NO5S/c1-7-16(2)27(23(28)14-24(3,4)5)15-17-8-11-21(31-6)22(12-17)32-33(29,30)18-9-10-19(25)20(26)13-18/h8-13,16H,7,14-15H2,1-6H3. The fourth-order valence-corrected chi connectivity index (χ4v) is 4.47. The quantitative estimate of drug-likeness (QED) is 0.364. The molecular formula is C24H31Cl2NO5S. The van der Waals surface area contributed by atoms with Gasteiger partial charge >= 0.3 is 10.1 Å². The Hall–Kier alpha value is -1.96. The van der Waals surface area contributed by atoms with Gasteiger partial charge in [-0.3, -0.25) is 4.79 Å². The van der Waals surface area contributed by atoms with Crippen LogP contribution in [0.3, 0.4) is 0 Å². The Kier molecular flexibility index (Phi) is 9.08. The minimum atomic E-state index is -4.20. The molecule has 182 valence electrons. The van der Waals surface area contributed by atoms with E-state index in [2.05, 4.69) is 0 Å². The summed E-state index contributed by atoms with van der Waals surface area (Å²) < 4.78 is 36.4. The fraction of sp³-hybridized carbons (Fsp3) is 0.458. The van der Waals surface area contributed by atoms with Crippen molar-refractivity contribution in [3.05, 3.63) is 52.0 Å². The summed E-state index contributed by atoms with van der Waals surface area (Å²) in [6.07, 6.45) is 1.20. The zero-order valence-electron chi connectivity index (χ0n) is 19.8. The summed E-state index contributed by atoms with van der Waals surface area (Å²) in [5.74, 6) is 0.311. The molecule has 0 aliphatic rings. The van der Waals surface area contributed by atoms with Crippen molar-refractivity contribution < 1.29 is 22.1 Å². The Morgan fingerprint density at radius 1 is 1.06 bits per heavy atom. The maximum Gasteiger partial charge on any atom is 0.339 e. The first-order chi connectivity index (χ1) is 15.3. The second-order valence-corrected chi connectivity index (χ2v) is 11.5. The van der Waals surface area contributed by atoms with Gasteiger partial charge in [0.2, 0.25) is 5.91 Å². The SMILES string of the molecule is CCC(C)N(Cc1ccc(OC)c(OS(=O)(=O)c2ccc(Cl)c(Cl)c2)c1)C(=O)CC(C)(C)C. The molecule has 1 unspecified atom stereocenters. The molecule has 6 nitrogen and oxygen atoms in total.